The summed E-state index contributed by atoms with van der Waals surface area (Å²) in [7, 11) is 0. The van der Waals surface area contributed by atoms with Crippen LogP contribution in [0, 0.1) is 6.92 Å². The van der Waals surface area contributed by atoms with Gasteiger partial charge in [0.15, 0.2) is 17.5 Å². The smallest absolute Gasteiger partial charge is 0.308 e. The fourth-order valence-corrected chi connectivity index (χ4v) is 6.23. The molecule has 0 unspecified atom stereocenters. The largest absolute Gasteiger partial charge is 0.416 e. The standard InChI is InChI=1S/C41H27F3N4/c1-26-19-21-33-32-17-8-9-18-35(32)48(36(33)23-26)37-25-30(29-15-10-16-31(24-29)41(42,43)44)20-22-34(37)40-46-38(27-11-4-2-5-12-27)45-39(47-40)28-13-6-3-7-14-28/h2-25H,1H3. The number of hydrogen-bond acceptors (Lipinski definition) is 3. The zero-order chi connectivity index (χ0) is 32.8. The molecular weight excluding hydrogens is 605 g/mol. The van der Waals surface area contributed by atoms with Crippen LogP contribution in [-0.4, -0.2) is 19.5 Å². The van der Waals surface area contributed by atoms with E-state index in [9.17, 15) is 13.2 Å². The van der Waals surface area contributed by atoms with Crippen molar-refractivity contribution in [1.29, 1.82) is 0 Å². The Morgan fingerprint density at radius 2 is 1.06 bits per heavy atom. The Balaban J connectivity index is 1.45. The van der Waals surface area contributed by atoms with Crippen LogP contribution in [0.1, 0.15) is 11.1 Å². The molecule has 0 N–H and O–H groups in total. The highest BCUT2D eigenvalue weighted by molar-refractivity contribution is 6.10. The van der Waals surface area contributed by atoms with E-state index in [-0.39, 0.29) is 0 Å². The maximum absolute atomic E-state index is 13.8. The van der Waals surface area contributed by atoms with E-state index in [0.29, 0.717) is 34.2 Å². The number of benzene rings is 6. The van der Waals surface area contributed by atoms with Crippen molar-refractivity contribution < 1.29 is 13.2 Å². The lowest BCUT2D eigenvalue weighted by Crippen LogP contribution is -2.05. The van der Waals surface area contributed by atoms with Crippen molar-refractivity contribution in [2.45, 2.75) is 13.1 Å². The molecule has 0 aliphatic rings. The minimum Gasteiger partial charge on any atom is -0.308 e. The molecule has 0 saturated heterocycles. The molecule has 0 spiro atoms. The van der Waals surface area contributed by atoms with E-state index in [1.165, 1.54) is 12.1 Å². The van der Waals surface area contributed by atoms with E-state index in [4.69, 9.17) is 15.0 Å². The highest BCUT2D eigenvalue weighted by atomic mass is 19.4. The van der Waals surface area contributed by atoms with Crippen LogP contribution in [0.4, 0.5) is 13.2 Å². The molecule has 48 heavy (non-hydrogen) atoms. The predicted molar refractivity (Wildman–Crippen MR) is 186 cm³/mol. The summed E-state index contributed by atoms with van der Waals surface area (Å²) in [6.45, 7) is 2.05. The van der Waals surface area contributed by atoms with Crippen molar-refractivity contribution in [1.82, 2.24) is 19.5 Å². The number of para-hydroxylation sites is 1. The first-order valence-corrected chi connectivity index (χ1v) is 15.5. The Morgan fingerprint density at radius 3 is 1.75 bits per heavy atom. The Bertz CT molecular complexity index is 2390. The van der Waals surface area contributed by atoms with Crippen LogP contribution < -0.4 is 0 Å². The van der Waals surface area contributed by atoms with Gasteiger partial charge in [0.2, 0.25) is 0 Å². The second-order valence-electron chi connectivity index (χ2n) is 11.7. The molecule has 7 heteroatoms. The molecule has 0 bridgehead atoms. The summed E-state index contributed by atoms with van der Waals surface area (Å²) < 4.78 is 43.5. The molecule has 232 valence electrons. The van der Waals surface area contributed by atoms with Gasteiger partial charge in [-0.25, -0.2) is 15.0 Å². The SMILES string of the molecule is Cc1ccc2c3ccccc3n(-c3cc(-c4cccc(C(F)(F)F)c4)ccc3-c3nc(-c4ccccc4)nc(-c4ccccc4)n3)c2c1. The Hall–Kier alpha value is -6.08. The first-order valence-electron chi connectivity index (χ1n) is 15.5. The van der Waals surface area contributed by atoms with E-state index >= 15 is 0 Å². The van der Waals surface area contributed by atoms with Crippen LogP contribution >= 0.6 is 0 Å². The number of nitrogens with zero attached hydrogens (tertiary/aromatic N) is 4. The zero-order valence-corrected chi connectivity index (χ0v) is 25.8. The van der Waals surface area contributed by atoms with E-state index in [1.807, 2.05) is 97.9 Å². The lowest BCUT2D eigenvalue weighted by Gasteiger charge is -2.17. The first kappa shape index (κ1) is 29.3. The molecule has 0 aliphatic heterocycles. The minimum atomic E-state index is -4.46. The Kier molecular flexibility index (Phi) is 7.10. The first-order chi connectivity index (χ1) is 23.3. The summed E-state index contributed by atoms with van der Waals surface area (Å²) in [6, 6.07) is 45.1. The van der Waals surface area contributed by atoms with Crippen LogP contribution in [0.2, 0.25) is 0 Å². The maximum atomic E-state index is 13.8. The third-order valence-corrected chi connectivity index (χ3v) is 8.53. The molecule has 0 aliphatic carbocycles. The quantitative estimate of drug-likeness (QED) is 0.190. The van der Waals surface area contributed by atoms with E-state index in [0.717, 1.165) is 50.2 Å². The number of rotatable bonds is 5. The number of hydrogen-bond donors (Lipinski definition) is 0. The molecule has 6 aromatic carbocycles. The lowest BCUT2D eigenvalue weighted by atomic mass is 9.99. The highest BCUT2D eigenvalue weighted by Gasteiger charge is 2.30. The van der Waals surface area contributed by atoms with Gasteiger partial charge in [-0.2, -0.15) is 13.2 Å². The van der Waals surface area contributed by atoms with Gasteiger partial charge < -0.3 is 4.57 Å². The summed E-state index contributed by atoms with van der Waals surface area (Å²) in [5, 5.41) is 2.13. The molecule has 0 atom stereocenters. The third kappa shape index (κ3) is 5.29. The zero-order valence-electron chi connectivity index (χ0n) is 25.8. The van der Waals surface area contributed by atoms with Crippen molar-refractivity contribution >= 4 is 21.8 Å². The van der Waals surface area contributed by atoms with Crippen LogP contribution in [0.3, 0.4) is 0 Å². The molecule has 0 radical (unpaired) electrons. The fourth-order valence-electron chi connectivity index (χ4n) is 6.23. The van der Waals surface area contributed by atoms with Crippen LogP contribution in [0.25, 0.3) is 72.8 Å². The van der Waals surface area contributed by atoms with Crippen molar-refractivity contribution in [3.63, 3.8) is 0 Å². The molecule has 2 heterocycles. The summed E-state index contributed by atoms with van der Waals surface area (Å²) >= 11 is 0. The Morgan fingerprint density at radius 1 is 0.479 bits per heavy atom. The normalized spacial score (nSPS) is 11.8. The number of halogens is 3. The van der Waals surface area contributed by atoms with E-state index in [1.54, 1.807) is 6.07 Å². The fraction of sp³-hybridized carbons (Fsp3) is 0.0488. The van der Waals surface area contributed by atoms with Gasteiger partial charge in [0.25, 0.3) is 0 Å². The minimum absolute atomic E-state index is 0.451. The van der Waals surface area contributed by atoms with E-state index < -0.39 is 11.7 Å². The summed E-state index contributed by atoms with van der Waals surface area (Å²) in [4.78, 5) is 14.9. The second-order valence-corrected chi connectivity index (χ2v) is 11.7. The van der Waals surface area contributed by atoms with Crippen molar-refractivity contribution in [2.75, 3.05) is 0 Å². The lowest BCUT2D eigenvalue weighted by molar-refractivity contribution is -0.137. The average molecular weight is 633 g/mol. The molecule has 0 saturated carbocycles. The number of fused-ring (bicyclic) bond motifs is 3. The van der Waals surface area contributed by atoms with E-state index in [2.05, 4.69) is 34.9 Å². The second kappa shape index (κ2) is 11.6. The van der Waals surface area contributed by atoms with Crippen molar-refractivity contribution in [3.05, 3.63) is 157 Å². The number of alkyl halides is 3. The predicted octanol–water partition coefficient (Wildman–Crippen LogP) is 11.0. The average Bonchev–Trinajstić information content (AvgIpc) is 3.45. The topological polar surface area (TPSA) is 43.6 Å². The van der Waals surface area contributed by atoms with Gasteiger partial charge in [-0.3, -0.25) is 0 Å². The van der Waals surface area contributed by atoms with Gasteiger partial charge in [-0.15, -0.1) is 0 Å². The monoisotopic (exact) mass is 632 g/mol. The molecule has 4 nitrogen and oxygen atoms in total. The molecule has 0 amide bonds. The van der Waals surface area contributed by atoms with Gasteiger partial charge in [0.1, 0.15) is 0 Å². The molecule has 0 fully saturated rings. The van der Waals surface area contributed by atoms with Crippen molar-refractivity contribution in [3.8, 4) is 51.0 Å². The number of aryl methyl sites for hydroxylation is 1. The summed E-state index contributed by atoms with van der Waals surface area (Å²) in [6.07, 6.45) is -4.46. The summed E-state index contributed by atoms with van der Waals surface area (Å²) in [5.41, 5.74) is 6.55. The van der Waals surface area contributed by atoms with Gasteiger partial charge in [-0.05, 0) is 60.0 Å². The van der Waals surface area contributed by atoms with Gasteiger partial charge in [0, 0.05) is 27.5 Å². The van der Waals surface area contributed by atoms with Crippen LogP contribution in [-0.2, 0) is 6.18 Å². The van der Waals surface area contributed by atoms with Gasteiger partial charge in [-0.1, -0.05) is 109 Å². The van der Waals surface area contributed by atoms with Crippen molar-refractivity contribution in [2.24, 2.45) is 0 Å². The van der Waals surface area contributed by atoms with Gasteiger partial charge >= 0.3 is 6.18 Å². The van der Waals surface area contributed by atoms with Gasteiger partial charge in [0.05, 0.1) is 22.3 Å². The van der Waals surface area contributed by atoms with Crippen LogP contribution in [0.5, 0.6) is 0 Å². The summed E-state index contributed by atoms with van der Waals surface area (Å²) in [5.74, 6) is 1.49. The number of aromatic nitrogens is 4. The highest BCUT2D eigenvalue weighted by Crippen LogP contribution is 2.39. The van der Waals surface area contributed by atoms with Crippen LogP contribution in [0.15, 0.2) is 146 Å². The molecule has 2 aromatic heterocycles. The Labute approximate surface area is 274 Å². The molecular formula is C41H27F3N4. The molecule has 8 rings (SSSR count). The molecule has 8 aromatic rings. The third-order valence-electron chi connectivity index (χ3n) is 8.53. The maximum Gasteiger partial charge on any atom is 0.416 e.